The molecule has 0 fully saturated rings. The van der Waals surface area contributed by atoms with Gasteiger partial charge < -0.3 is 0 Å². The van der Waals surface area contributed by atoms with E-state index in [0.29, 0.717) is 6.61 Å². The number of isothiocyanates is 1. The number of rotatable bonds is 4. The van der Waals surface area contributed by atoms with Gasteiger partial charge in [-0.3, -0.25) is 0 Å². The first-order valence-electron chi connectivity index (χ1n) is 3.69. The van der Waals surface area contributed by atoms with Crippen LogP contribution in [0.15, 0.2) is 29.3 Å². The molecule has 1 aromatic carbocycles. The number of aliphatic imine (C=N–C) groups is 1. The number of thiocarbonyl (C=S) groups is 1. The van der Waals surface area contributed by atoms with Gasteiger partial charge in [0.25, 0.3) is 0 Å². The van der Waals surface area contributed by atoms with Crippen LogP contribution in [0.25, 0.3) is 0 Å². The average molecular weight is 195 g/mol. The van der Waals surface area contributed by atoms with E-state index in [2.05, 4.69) is 27.3 Å². The molecule has 0 aliphatic carbocycles. The Bertz CT molecular complexity index is 304. The number of benzene rings is 1. The molecule has 0 aromatic heterocycles. The maximum atomic E-state index is 4.75. The summed E-state index contributed by atoms with van der Waals surface area (Å²) in [5.74, 6) is 0. The van der Waals surface area contributed by atoms with Crippen LogP contribution in [0.4, 0.5) is 5.69 Å². The molecule has 0 N–H and O–H groups in total. The van der Waals surface area contributed by atoms with Crippen molar-refractivity contribution in [2.75, 3.05) is 7.11 Å². The van der Waals surface area contributed by atoms with Crippen molar-refractivity contribution >= 4 is 23.1 Å². The molecule has 13 heavy (non-hydrogen) atoms. The highest BCUT2D eigenvalue weighted by atomic mass is 32.1. The summed E-state index contributed by atoms with van der Waals surface area (Å²) in [5, 5.41) is 2.30. The third kappa shape index (κ3) is 3.44. The number of hydrogen-bond donors (Lipinski definition) is 0. The van der Waals surface area contributed by atoms with E-state index in [4.69, 9.17) is 4.89 Å². The maximum absolute atomic E-state index is 4.75. The van der Waals surface area contributed by atoms with E-state index < -0.39 is 0 Å². The zero-order chi connectivity index (χ0) is 9.52. The predicted octanol–water partition coefficient (Wildman–Crippen LogP) is 2.50. The van der Waals surface area contributed by atoms with Gasteiger partial charge in [-0.15, -0.1) is 0 Å². The molecule has 4 heteroatoms. The fraction of sp³-hybridized carbons (Fsp3) is 0.222. The standard InChI is InChI=1S/C9H9NO2S/c1-11-12-6-8-2-4-9(5-3-8)10-7-13/h2-5H,6H2,1H3. The van der Waals surface area contributed by atoms with Crippen molar-refractivity contribution in [3.63, 3.8) is 0 Å². The second kappa shape index (κ2) is 5.56. The summed E-state index contributed by atoms with van der Waals surface area (Å²) in [4.78, 5) is 13.0. The lowest BCUT2D eigenvalue weighted by Gasteiger charge is -1.99. The SMILES string of the molecule is COOCc1ccc(N=C=S)cc1. The minimum Gasteiger partial charge on any atom is -0.240 e. The number of hydrogen-bond acceptors (Lipinski definition) is 4. The average Bonchev–Trinajstić information content (AvgIpc) is 2.17. The van der Waals surface area contributed by atoms with Crippen LogP contribution >= 0.6 is 12.2 Å². The summed E-state index contributed by atoms with van der Waals surface area (Å²) in [5.41, 5.74) is 1.81. The van der Waals surface area contributed by atoms with Gasteiger partial charge in [-0.2, -0.15) is 4.99 Å². The molecule has 0 unspecified atom stereocenters. The second-order valence-corrected chi connectivity index (χ2v) is 2.48. The summed E-state index contributed by atoms with van der Waals surface area (Å²) in [6, 6.07) is 7.47. The molecular weight excluding hydrogens is 186 g/mol. The van der Waals surface area contributed by atoms with E-state index in [1.807, 2.05) is 24.3 Å². The van der Waals surface area contributed by atoms with Crippen LogP contribution in [0, 0.1) is 0 Å². The molecule has 1 aromatic rings. The fourth-order valence-corrected chi connectivity index (χ4v) is 0.952. The molecule has 1 rings (SSSR count). The van der Waals surface area contributed by atoms with Gasteiger partial charge in [-0.25, -0.2) is 9.78 Å². The van der Waals surface area contributed by atoms with Gasteiger partial charge in [0.15, 0.2) is 0 Å². The van der Waals surface area contributed by atoms with E-state index in [1.54, 1.807) is 0 Å². The van der Waals surface area contributed by atoms with Gasteiger partial charge in [0.1, 0.15) is 6.61 Å². The lowest BCUT2D eigenvalue weighted by Crippen LogP contribution is -1.89. The first kappa shape index (κ1) is 10.0. The van der Waals surface area contributed by atoms with Gasteiger partial charge in [-0.1, -0.05) is 12.1 Å². The lowest BCUT2D eigenvalue weighted by atomic mass is 10.2. The highest BCUT2D eigenvalue weighted by molar-refractivity contribution is 7.78. The van der Waals surface area contributed by atoms with Crippen molar-refractivity contribution in [2.45, 2.75) is 6.61 Å². The van der Waals surface area contributed by atoms with E-state index in [9.17, 15) is 0 Å². The van der Waals surface area contributed by atoms with Crippen molar-refractivity contribution in [2.24, 2.45) is 4.99 Å². The van der Waals surface area contributed by atoms with Gasteiger partial charge in [-0.05, 0) is 29.9 Å². The van der Waals surface area contributed by atoms with Crippen LogP contribution in [-0.2, 0) is 16.4 Å². The summed E-state index contributed by atoms with van der Waals surface area (Å²) < 4.78 is 0. The van der Waals surface area contributed by atoms with E-state index in [0.717, 1.165) is 11.3 Å². The smallest absolute Gasteiger partial charge is 0.107 e. The topological polar surface area (TPSA) is 30.8 Å². The van der Waals surface area contributed by atoms with E-state index in [1.165, 1.54) is 7.11 Å². The predicted molar refractivity (Wildman–Crippen MR) is 52.9 cm³/mol. The molecule has 0 heterocycles. The molecule has 0 aliphatic rings. The Morgan fingerprint density at radius 2 is 2.08 bits per heavy atom. The first-order valence-corrected chi connectivity index (χ1v) is 4.10. The highest BCUT2D eigenvalue weighted by Gasteiger charge is 1.92. The molecule has 0 amide bonds. The van der Waals surface area contributed by atoms with Crippen molar-refractivity contribution in [3.05, 3.63) is 29.8 Å². The lowest BCUT2D eigenvalue weighted by molar-refractivity contribution is -0.282. The monoisotopic (exact) mass is 195 g/mol. The van der Waals surface area contributed by atoms with Crippen molar-refractivity contribution < 1.29 is 9.78 Å². The van der Waals surface area contributed by atoms with Crippen LogP contribution in [0.5, 0.6) is 0 Å². The van der Waals surface area contributed by atoms with Crippen LogP contribution in [-0.4, -0.2) is 12.3 Å². The Morgan fingerprint density at radius 3 is 2.62 bits per heavy atom. The second-order valence-electron chi connectivity index (χ2n) is 2.30. The zero-order valence-corrected chi connectivity index (χ0v) is 8.00. The quantitative estimate of drug-likeness (QED) is 0.320. The third-order valence-corrected chi connectivity index (χ3v) is 1.55. The van der Waals surface area contributed by atoms with E-state index >= 15 is 0 Å². The van der Waals surface area contributed by atoms with Gasteiger partial charge in [0.05, 0.1) is 18.0 Å². The normalized spacial score (nSPS) is 9.31. The Labute approximate surface area is 81.9 Å². The van der Waals surface area contributed by atoms with Crippen molar-refractivity contribution in [1.29, 1.82) is 0 Å². The molecule has 0 bridgehead atoms. The molecule has 0 atom stereocenters. The molecule has 0 saturated heterocycles. The molecule has 0 aliphatic heterocycles. The molecule has 3 nitrogen and oxygen atoms in total. The summed E-state index contributed by atoms with van der Waals surface area (Å²) in [7, 11) is 1.48. The van der Waals surface area contributed by atoms with Crippen molar-refractivity contribution in [3.8, 4) is 0 Å². The fourth-order valence-electron chi connectivity index (χ4n) is 0.846. The Hall–Kier alpha value is -1.06. The van der Waals surface area contributed by atoms with Crippen LogP contribution < -0.4 is 0 Å². The zero-order valence-electron chi connectivity index (χ0n) is 7.19. The molecule has 68 valence electrons. The minimum atomic E-state index is 0.429. The van der Waals surface area contributed by atoms with Crippen molar-refractivity contribution in [1.82, 2.24) is 0 Å². The summed E-state index contributed by atoms with van der Waals surface area (Å²) in [6.45, 7) is 0.429. The Balaban J connectivity index is 2.63. The molecule has 0 spiro atoms. The van der Waals surface area contributed by atoms with Crippen LogP contribution in [0.3, 0.4) is 0 Å². The van der Waals surface area contributed by atoms with Gasteiger partial charge in [0.2, 0.25) is 0 Å². The largest absolute Gasteiger partial charge is 0.240 e. The van der Waals surface area contributed by atoms with E-state index in [-0.39, 0.29) is 0 Å². The number of nitrogens with zero attached hydrogens (tertiary/aromatic N) is 1. The third-order valence-electron chi connectivity index (χ3n) is 1.45. The van der Waals surface area contributed by atoms with Gasteiger partial charge in [0, 0.05) is 0 Å². The molecule has 0 saturated carbocycles. The highest BCUT2D eigenvalue weighted by Crippen LogP contribution is 2.12. The summed E-state index contributed by atoms with van der Waals surface area (Å²) in [6.07, 6.45) is 0. The Kier molecular flexibility index (Phi) is 4.29. The maximum Gasteiger partial charge on any atom is 0.107 e. The summed E-state index contributed by atoms with van der Waals surface area (Å²) >= 11 is 4.48. The van der Waals surface area contributed by atoms with Crippen LogP contribution in [0.2, 0.25) is 0 Å². The molecule has 0 radical (unpaired) electrons. The Morgan fingerprint density at radius 1 is 1.38 bits per heavy atom. The molecular formula is C9H9NO2S. The van der Waals surface area contributed by atoms with Crippen LogP contribution in [0.1, 0.15) is 5.56 Å². The first-order chi connectivity index (χ1) is 6.36. The minimum absolute atomic E-state index is 0.429. The van der Waals surface area contributed by atoms with Gasteiger partial charge >= 0.3 is 0 Å².